The van der Waals surface area contributed by atoms with E-state index in [9.17, 15) is 0 Å². The zero-order valence-electron chi connectivity index (χ0n) is 12.4. The molecule has 0 spiro atoms. The molecule has 0 fully saturated rings. The summed E-state index contributed by atoms with van der Waals surface area (Å²) in [4.78, 5) is 4.38. The number of thioether (sulfide) groups is 1. The number of nitrogens with zero attached hydrogens (tertiary/aromatic N) is 1. The summed E-state index contributed by atoms with van der Waals surface area (Å²) in [6.07, 6.45) is 2.91. The first-order valence-electron chi connectivity index (χ1n) is 7.28. The molecule has 21 heavy (non-hydrogen) atoms. The normalized spacial score (nSPS) is 13.9. The molecule has 0 aliphatic rings. The van der Waals surface area contributed by atoms with Gasteiger partial charge in [0.25, 0.3) is 0 Å². The first kappa shape index (κ1) is 16.3. The average Bonchev–Trinajstić information content (AvgIpc) is 2.51. The minimum absolute atomic E-state index is 0.286. The second-order valence-corrected chi connectivity index (χ2v) is 6.73. The molecular formula is C17H21ClN2S. The summed E-state index contributed by atoms with van der Waals surface area (Å²) < 4.78 is 0. The number of nitrogens with one attached hydrogen (secondary N) is 1. The van der Waals surface area contributed by atoms with Gasteiger partial charge in [-0.15, -0.1) is 0 Å². The molecule has 112 valence electrons. The lowest BCUT2D eigenvalue weighted by Gasteiger charge is -2.25. The number of benzene rings is 1. The summed E-state index contributed by atoms with van der Waals surface area (Å²) in [5, 5.41) is 5.59. The predicted octanol–water partition coefficient (Wildman–Crippen LogP) is 4.96. The van der Waals surface area contributed by atoms with Crippen LogP contribution in [0.2, 0.25) is 5.02 Å². The van der Waals surface area contributed by atoms with Crippen LogP contribution in [0.5, 0.6) is 0 Å². The van der Waals surface area contributed by atoms with E-state index in [4.69, 9.17) is 11.6 Å². The summed E-state index contributed by atoms with van der Waals surface area (Å²) in [7, 11) is 0. The van der Waals surface area contributed by atoms with Crippen molar-refractivity contribution < 1.29 is 0 Å². The van der Waals surface area contributed by atoms with Crippen molar-refractivity contribution in [1.29, 1.82) is 0 Å². The Morgan fingerprint density at radius 2 is 1.95 bits per heavy atom. The molecule has 1 aromatic heterocycles. The monoisotopic (exact) mass is 320 g/mol. The molecule has 0 saturated heterocycles. The van der Waals surface area contributed by atoms with Gasteiger partial charge < -0.3 is 5.32 Å². The van der Waals surface area contributed by atoms with Crippen LogP contribution in [-0.4, -0.2) is 16.8 Å². The summed E-state index contributed by atoms with van der Waals surface area (Å²) in [6.45, 7) is 5.40. The van der Waals surface area contributed by atoms with Crippen LogP contribution in [0, 0.1) is 0 Å². The van der Waals surface area contributed by atoms with Crippen LogP contribution in [0.1, 0.15) is 31.9 Å². The van der Waals surface area contributed by atoms with Gasteiger partial charge in [0.2, 0.25) is 0 Å². The van der Waals surface area contributed by atoms with Crippen molar-refractivity contribution in [3.05, 3.63) is 59.2 Å². The second-order valence-electron chi connectivity index (χ2n) is 4.96. The van der Waals surface area contributed by atoms with Crippen molar-refractivity contribution >= 4 is 23.4 Å². The van der Waals surface area contributed by atoms with E-state index in [1.807, 2.05) is 18.2 Å². The van der Waals surface area contributed by atoms with E-state index in [-0.39, 0.29) is 6.04 Å². The fraction of sp³-hybridized carbons (Fsp3) is 0.353. The summed E-state index contributed by atoms with van der Waals surface area (Å²) in [5.41, 5.74) is 1.30. The van der Waals surface area contributed by atoms with Crippen LogP contribution in [-0.2, 0) is 0 Å². The van der Waals surface area contributed by atoms with Crippen LogP contribution < -0.4 is 5.32 Å². The Morgan fingerprint density at radius 1 is 1.19 bits per heavy atom. The maximum Gasteiger partial charge on any atom is 0.115 e. The molecule has 0 amide bonds. The topological polar surface area (TPSA) is 24.9 Å². The van der Waals surface area contributed by atoms with Gasteiger partial charge in [0.15, 0.2) is 0 Å². The molecule has 2 rings (SSSR count). The van der Waals surface area contributed by atoms with Crippen molar-refractivity contribution in [1.82, 2.24) is 10.3 Å². The first-order chi connectivity index (χ1) is 10.2. The highest BCUT2D eigenvalue weighted by molar-refractivity contribution is 8.00. The molecule has 1 aromatic carbocycles. The number of rotatable bonds is 7. The van der Waals surface area contributed by atoms with Crippen molar-refractivity contribution in [2.24, 2.45) is 0 Å². The van der Waals surface area contributed by atoms with E-state index in [0.717, 1.165) is 23.0 Å². The average molecular weight is 321 g/mol. The van der Waals surface area contributed by atoms with Gasteiger partial charge in [-0.05, 0) is 30.7 Å². The third kappa shape index (κ3) is 4.73. The van der Waals surface area contributed by atoms with Crippen LogP contribution in [0.3, 0.4) is 0 Å². The molecule has 1 N–H and O–H groups in total. The number of hydrogen-bond donors (Lipinski definition) is 1. The van der Waals surface area contributed by atoms with Gasteiger partial charge in [-0.1, -0.05) is 67.5 Å². The van der Waals surface area contributed by atoms with Gasteiger partial charge in [-0.3, -0.25) is 0 Å². The second kappa shape index (κ2) is 8.42. The molecule has 0 aliphatic heterocycles. The lowest BCUT2D eigenvalue weighted by molar-refractivity contribution is 0.527. The van der Waals surface area contributed by atoms with E-state index < -0.39 is 0 Å². The first-order valence-corrected chi connectivity index (χ1v) is 8.53. The fourth-order valence-electron chi connectivity index (χ4n) is 2.22. The molecule has 0 bridgehead atoms. The number of pyridine rings is 1. The highest BCUT2D eigenvalue weighted by atomic mass is 35.5. The molecule has 1 heterocycles. The molecule has 2 unspecified atom stereocenters. The van der Waals surface area contributed by atoms with Crippen LogP contribution in [0.15, 0.2) is 53.7 Å². The molecular weight excluding hydrogens is 300 g/mol. The molecule has 2 aromatic rings. The maximum absolute atomic E-state index is 6.22. The van der Waals surface area contributed by atoms with Gasteiger partial charge in [0.05, 0.1) is 5.02 Å². The van der Waals surface area contributed by atoms with Crippen molar-refractivity contribution in [2.75, 3.05) is 6.54 Å². The Labute approximate surface area is 136 Å². The molecule has 0 radical (unpaired) electrons. The number of hydrogen-bond acceptors (Lipinski definition) is 3. The zero-order chi connectivity index (χ0) is 15.1. The van der Waals surface area contributed by atoms with Gasteiger partial charge in [-0.25, -0.2) is 4.98 Å². The highest BCUT2D eigenvalue weighted by Crippen LogP contribution is 2.34. The summed E-state index contributed by atoms with van der Waals surface area (Å²) >= 11 is 7.94. The van der Waals surface area contributed by atoms with Gasteiger partial charge >= 0.3 is 0 Å². The van der Waals surface area contributed by atoms with Crippen molar-refractivity contribution in [3.63, 3.8) is 0 Å². The Bertz CT molecular complexity index is 547. The SMILES string of the molecule is CCCNC(c1ccccc1)C(C)Sc1ncccc1Cl. The lowest BCUT2D eigenvalue weighted by Crippen LogP contribution is -2.29. The lowest BCUT2D eigenvalue weighted by atomic mass is 10.0. The van der Waals surface area contributed by atoms with E-state index >= 15 is 0 Å². The Hall–Kier alpha value is -1.03. The highest BCUT2D eigenvalue weighted by Gasteiger charge is 2.20. The predicted molar refractivity (Wildman–Crippen MR) is 92.0 cm³/mol. The quantitative estimate of drug-likeness (QED) is 0.730. The summed E-state index contributed by atoms with van der Waals surface area (Å²) in [5.74, 6) is 0. The smallest absolute Gasteiger partial charge is 0.115 e. The molecule has 4 heteroatoms. The summed E-state index contributed by atoms with van der Waals surface area (Å²) in [6, 6.07) is 14.6. The molecule has 2 atom stereocenters. The fourth-order valence-corrected chi connectivity index (χ4v) is 3.52. The maximum atomic E-state index is 6.22. The van der Waals surface area contributed by atoms with E-state index in [1.54, 1.807) is 18.0 Å². The van der Waals surface area contributed by atoms with Crippen molar-refractivity contribution in [2.45, 2.75) is 36.6 Å². The standard InChI is InChI=1S/C17H21ClN2S/c1-3-11-19-16(14-8-5-4-6-9-14)13(2)21-17-15(18)10-7-12-20-17/h4-10,12-13,16,19H,3,11H2,1-2H3. The molecule has 2 nitrogen and oxygen atoms in total. The zero-order valence-corrected chi connectivity index (χ0v) is 14.0. The third-order valence-electron chi connectivity index (χ3n) is 3.26. The van der Waals surface area contributed by atoms with E-state index in [1.165, 1.54) is 5.56 Å². The minimum atomic E-state index is 0.286. The van der Waals surface area contributed by atoms with Crippen LogP contribution in [0.25, 0.3) is 0 Å². The van der Waals surface area contributed by atoms with Crippen LogP contribution >= 0.6 is 23.4 Å². The van der Waals surface area contributed by atoms with Gasteiger partial charge in [-0.2, -0.15) is 0 Å². The largest absolute Gasteiger partial charge is 0.309 e. The minimum Gasteiger partial charge on any atom is -0.309 e. The van der Waals surface area contributed by atoms with E-state index in [0.29, 0.717) is 5.25 Å². The van der Waals surface area contributed by atoms with E-state index in [2.05, 4.69) is 48.4 Å². The van der Waals surface area contributed by atoms with Crippen molar-refractivity contribution in [3.8, 4) is 0 Å². The van der Waals surface area contributed by atoms with Crippen LogP contribution in [0.4, 0.5) is 0 Å². The molecule has 0 saturated carbocycles. The Balaban J connectivity index is 2.14. The third-order valence-corrected chi connectivity index (χ3v) is 4.87. The number of halogens is 1. The Morgan fingerprint density at radius 3 is 2.62 bits per heavy atom. The Kier molecular flexibility index (Phi) is 6.55. The number of aromatic nitrogens is 1. The molecule has 0 aliphatic carbocycles. The van der Waals surface area contributed by atoms with Gasteiger partial charge in [0, 0.05) is 17.5 Å². The van der Waals surface area contributed by atoms with Gasteiger partial charge in [0.1, 0.15) is 5.03 Å².